The lowest BCUT2D eigenvalue weighted by atomic mass is 10.0. The number of benzene rings is 1. The summed E-state index contributed by atoms with van der Waals surface area (Å²) in [6.45, 7) is 3.25. The number of amides is 1. The van der Waals surface area contributed by atoms with Gasteiger partial charge in [-0.25, -0.2) is 17.2 Å². The van der Waals surface area contributed by atoms with Crippen LogP contribution in [0.2, 0.25) is 0 Å². The fourth-order valence-corrected chi connectivity index (χ4v) is 4.26. The molecule has 1 aliphatic carbocycles. The Morgan fingerprint density at radius 1 is 1.25 bits per heavy atom. The normalized spacial score (nSPS) is 16.3. The summed E-state index contributed by atoms with van der Waals surface area (Å²) in [7, 11) is -4.38. The fourth-order valence-electron chi connectivity index (χ4n) is 2.79. The van der Waals surface area contributed by atoms with Gasteiger partial charge in [-0.05, 0) is 50.8 Å². The van der Waals surface area contributed by atoms with Gasteiger partial charge in [-0.1, -0.05) is 12.8 Å². The second-order valence-corrected chi connectivity index (χ2v) is 8.32. The summed E-state index contributed by atoms with van der Waals surface area (Å²) in [6.07, 6.45) is 4.35. The Bertz CT molecular complexity index is 714. The smallest absolute Gasteiger partial charge is 0.244 e. The van der Waals surface area contributed by atoms with Crippen LogP contribution in [0.15, 0.2) is 23.1 Å². The van der Waals surface area contributed by atoms with Crippen molar-refractivity contribution in [3.63, 3.8) is 0 Å². The fraction of sp³-hybridized carbons (Fsp3) is 0.562. The van der Waals surface area contributed by atoms with E-state index in [1.807, 2.05) is 0 Å². The van der Waals surface area contributed by atoms with Crippen LogP contribution in [0.4, 0.5) is 8.78 Å². The van der Waals surface area contributed by atoms with Gasteiger partial charge >= 0.3 is 0 Å². The van der Waals surface area contributed by atoms with Gasteiger partial charge in [0, 0.05) is 6.54 Å². The quantitative estimate of drug-likeness (QED) is 0.818. The van der Waals surface area contributed by atoms with Crippen LogP contribution < -0.4 is 10.0 Å². The van der Waals surface area contributed by atoms with E-state index in [1.54, 1.807) is 0 Å². The largest absolute Gasteiger partial charge is 0.354 e. The highest BCUT2D eigenvalue weighted by Gasteiger charge is 2.34. The average molecular weight is 360 g/mol. The molecule has 0 unspecified atom stereocenters. The Morgan fingerprint density at radius 2 is 1.88 bits per heavy atom. The van der Waals surface area contributed by atoms with Crippen molar-refractivity contribution in [1.29, 1.82) is 0 Å². The minimum Gasteiger partial charge on any atom is -0.354 e. The Kier molecular flexibility index (Phi) is 5.59. The number of carbonyl (C=O) groups excluding carboxylic acids is 1. The SMILES string of the molecule is CC(C)(NS(=O)(=O)c1cc(F)ccc1F)C(=O)NCC1CCCC1. The Hall–Kier alpha value is -1.54. The van der Waals surface area contributed by atoms with E-state index in [0.29, 0.717) is 18.5 Å². The molecule has 2 rings (SSSR count). The number of nitrogens with one attached hydrogen (secondary N) is 2. The summed E-state index contributed by atoms with van der Waals surface area (Å²) in [5.41, 5.74) is -1.49. The summed E-state index contributed by atoms with van der Waals surface area (Å²) < 4.78 is 53.7. The molecule has 8 heteroatoms. The number of sulfonamides is 1. The molecule has 0 radical (unpaired) electrons. The van der Waals surface area contributed by atoms with E-state index in [4.69, 9.17) is 0 Å². The lowest BCUT2D eigenvalue weighted by Gasteiger charge is -2.25. The van der Waals surface area contributed by atoms with E-state index in [-0.39, 0.29) is 0 Å². The molecule has 1 saturated carbocycles. The molecule has 0 heterocycles. The highest BCUT2D eigenvalue weighted by Crippen LogP contribution is 2.24. The minimum absolute atomic E-state index is 0.405. The van der Waals surface area contributed by atoms with Crippen LogP contribution in [-0.4, -0.2) is 26.4 Å². The van der Waals surface area contributed by atoms with Crippen molar-refractivity contribution >= 4 is 15.9 Å². The van der Waals surface area contributed by atoms with Crippen LogP contribution in [0.5, 0.6) is 0 Å². The van der Waals surface area contributed by atoms with Crippen LogP contribution in [0.1, 0.15) is 39.5 Å². The van der Waals surface area contributed by atoms with Gasteiger partial charge in [0.2, 0.25) is 15.9 Å². The van der Waals surface area contributed by atoms with Crippen LogP contribution in [0, 0.1) is 17.6 Å². The van der Waals surface area contributed by atoms with Crippen molar-refractivity contribution in [3.05, 3.63) is 29.8 Å². The van der Waals surface area contributed by atoms with Gasteiger partial charge in [-0.3, -0.25) is 4.79 Å². The zero-order chi connectivity index (χ0) is 18.0. The van der Waals surface area contributed by atoms with Gasteiger partial charge in [-0.15, -0.1) is 0 Å². The van der Waals surface area contributed by atoms with E-state index in [9.17, 15) is 22.0 Å². The third-order valence-electron chi connectivity index (χ3n) is 4.17. The number of halogens is 2. The minimum atomic E-state index is -4.38. The molecular formula is C16H22F2N2O3S. The van der Waals surface area contributed by atoms with Crippen LogP contribution in [0.25, 0.3) is 0 Å². The maximum absolute atomic E-state index is 13.7. The van der Waals surface area contributed by atoms with E-state index >= 15 is 0 Å². The van der Waals surface area contributed by atoms with Crippen LogP contribution in [0.3, 0.4) is 0 Å². The second kappa shape index (κ2) is 7.14. The first-order valence-electron chi connectivity index (χ1n) is 7.89. The maximum Gasteiger partial charge on any atom is 0.244 e. The molecule has 0 aliphatic heterocycles. The lowest BCUT2D eigenvalue weighted by molar-refractivity contribution is -0.125. The van der Waals surface area contributed by atoms with Gasteiger partial charge in [0.05, 0.1) is 0 Å². The monoisotopic (exact) mass is 360 g/mol. The van der Waals surface area contributed by atoms with E-state index in [0.717, 1.165) is 37.8 Å². The van der Waals surface area contributed by atoms with Crippen molar-refractivity contribution in [1.82, 2.24) is 10.0 Å². The molecular weight excluding hydrogens is 338 g/mol. The topological polar surface area (TPSA) is 75.3 Å². The first-order valence-corrected chi connectivity index (χ1v) is 9.37. The number of hydrogen-bond acceptors (Lipinski definition) is 3. The van der Waals surface area contributed by atoms with E-state index < -0.39 is 38.0 Å². The number of hydrogen-bond donors (Lipinski definition) is 2. The molecule has 1 aliphatic rings. The first kappa shape index (κ1) is 18.8. The summed E-state index contributed by atoms with van der Waals surface area (Å²) in [4.78, 5) is 11.5. The average Bonchev–Trinajstić information content (AvgIpc) is 2.99. The van der Waals surface area contributed by atoms with Crippen LogP contribution in [-0.2, 0) is 14.8 Å². The molecule has 5 nitrogen and oxygen atoms in total. The molecule has 0 spiro atoms. The second-order valence-electron chi connectivity index (χ2n) is 6.67. The molecule has 0 aromatic heterocycles. The van der Waals surface area contributed by atoms with E-state index in [2.05, 4.69) is 10.0 Å². The predicted molar refractivity (Wildman–Crippen MR) is 85.7 cm³/mol. The summed E-state index contributed by atoms with van der Waals surface area (Å²) in [5, 5.41) is 2.73. The molecule has 1 aromatic carbocycles. The van der Waals surface area contributed by atoms with Crippen molar-refractivity contribution < 1.29 is 22.0 Å². The third kappa shape index (κ3) is 4.51. The molecule has 0 saturated heterocycles. The maximum atomic E-state index is 13.7. The van der Waals surface area contributed by atoms with Gasteiger partial charge in [-0.2, -0.15) is 4.72 Å². The number of carbonyl (C=O) groups is 1. The van der Waals surface area contributed by atoms with Crippen LogP contribution >= 0.6 is 0 Å². The molecule has 24 heavy (non-hydrogen) atoms. The predicted octanol–water partition coefficient (Wildman–Crippen LogP) is 2.33. The van der Waals surface area contributed by atoms with Crippen molar-refractivity contribution in [2.75, 3.05) is 6.54 Å². The molecule has 1 fully saturated rings. The summed E-state index contributed by atoms with van der Waals surface area (Å²) in [6, 6.07) is 2.15. The first-order chi connectivity index (χ1) is 11.1. The zero-order valence-corrected chi connectivity index (χ0v) is 14.6. The highest BCUT2D eigenvalue weighted by molar-refractivity contribution is 7.89. The Morgan fingerprint density at radius 3 is 2.50 bits per heavy atom. The van der Waals surface area contributed by atoms with Gasteiger partial charge in [0.25, 0.3) is 0 Å². The Balaban J connectivity index is 2.08. The molecule has 1 amide bonds. The third-order valence-corrected chi connectivity index (χ3v) is 5.84. The number of rotatable bonds is 6. The van der Waals surface area contributed by atoms with Gasteiger partial charge in [0.1, 0.15) is 22.1 Å². The highest BCUT2D eigenvalue weighted by atomic mass is 32.2. The van der Waals surface area contributed by atoms with Crippen molar-refractivity contribution in [2.45, 2.75) is 50.0 Å². The molecule has 0 atom stereocenters. The standard InChI is InChI=1S/C16H22F2N2O3S/c1-16(2,15(21)19-10-11-5-3-4-6-11)20-24(22,23)14-9-12(17)7-8-13(14)18/h7-9,11,20H,3-6,10H2,1-2H3,(H,19,21). The molecule has 1 aromatic rings. The lowest BCUT2D eigenvalue weighted by Crippen LogP contribution is -2.55. The van der Waals surface area contributed by atoms with Gasteiger partial charge in [0.15, 0.2) is 0 Å². The zero-order valence-electron chi connectivity index (χ0n) is 13.7. The van der Waals surface area contributed by atoms with Crippen molar-refractivity contribution in [2.24, 2.45) is 5.92 Å². The Labute approximate surface area is 140 Å². The summed E-state index contributed by atoms with van der Waals surface area (Å²) >= 11 is 0. The molecule has 2 N–H and O–H groups in total. The van der Waals surface area contributed by atoms with Gasteiger partial charge < -0.3 is 5.32 Å². The van der Waals surface area contributed by atoms with E-state index in [1.165, 1.54) is 13.8 Å². The molecule has 134 valence electrons. The van der Waals surface area contributed by atoms with Crippen molar-refractivity contribution in [3.8, 4) is 0 Å². The summed E-state index contributed by atoms with van der Waals surface area (Å²) in [5.74, 6) is -2.05. The molecule has 0 bridgehead atoms.